The molecule has 4 aromatic rings. The van der Waals surface area contributed by atoms with Gasteiger partial charge in [-0.2, -0.15) is 5.10 Å². The molecule has 5 rings (SSSR count). The number of aromatic nitrogens is 2. The molecule has 0 spiro atoms. The van der Waals surface area contributed by atoms with Crippen molar-refractivity contribution >= 4 is 29.6 Å². The van der Waals surface area contributed by atoms with Gasteiger partial charge in [-0.1, -0.05) is 30.3 Å². The van der Waals surface area contributed by atoms with E-state index >= 15 is 0 Å². The van der Waals surface area contributed by atoms with Gasteiger partial charge in [-0.25, -0.2) is 4.98 Å². The maximum atomic E-state index is 11.1. The zero-order chi connectivity index (χ0) is 23.2. The molecule has 166 valence electrons. The van der Waals surface area contributed by atoms with E-state index in [-0.39, 0.29) is 5.75 Å². The lowest BCUT2D eigenvalue weighted by atomic mass is 9.98. The maximum absolute atomic E-state index is 11.1. The first-order valence-corrected chi connectivity index (χ1v) is 10.9. The summed E-state index contributed by atoms with van der Waals surface area (Å²) in [5, 5.41) is 15.4. The topological polar surface area (TPSA) is 95.1 Å². The van der Waals surface area contributed by atoms with Crippen molar-refractivity contribution < 1.29 is 5.11 Å². The molecule has 0 amide bonds. The second-order valence-electron chi connectivity index (χ2n) is 7.75. The number of pyridine rings is 2. The SMILES string of the molecule is Oc1c(C=NCc2ccccn2)cc(/C=N/Nc2ccccn2)cc1C1=Nc2ccccc2C1. The van der Waals surface area contributed by atoms with Crippen molar-refractivity contribution in [1.29, 1.82) is 0 Å². The highest BCUT2D eigenvalue weighted by atomic mass is 16.3. The van der Waals surface area contributed by atoms with Gasteiger partial charge in [-0.05, 0) is 53.6 Å². The van der Waals surface area contributed by atoms with Crippen LogP contribution in [0.25, 0.3) is 0 Å². The summed E-state index contributed by atoms with van der Waals surface area (Å²) in [5.74, 6) is 0.789. The predicted molar refractivity (Wildman–Crippen MR) is 135 cm³/mol. The number of benzene rings is 2. The predicted octanol–water partition coefficient (Wildman–Crippen LogP) is 4.92. The highest BCUT2D eigenvalue weighted by molar-refractivity contribution is 6.10. The number of fused-ring (bicyclic) bond motifs is 1. The van der Waals surface area contributed by atoms with Gasteiger partial charge in [0.25, 0.3) is 0 Å². The van der Waals surface area contributed by atoms with Crippen molar-refractivity contribution in [3.8, 4) is 5.75 Å². The van der Waals surface area contributed by atoms with Crippen LogP contribution in [0.2, 0.25) is 0 Å². The summed E-state index contributed by atoms with van der Waals surface area (Å²) in [6, 6.07) is 23.0. The smallest absolute Gasteiger partial charge is 0.146 e. The van der Waals surface area contributed by atoms with Crippen LogP contribution in [0.15, 0.2) is 100 Å². The molecule has 0 saturated heterocycles. The standard InChI is InChI=1S/C27H22N6O/c34-27-21(17-28-18-22-8-3-5-11-29-22)13-19(16-31-33-26-10-4-6-12-30-26)14-23(27)25-15-20-7-1-2-9-24(20)32-25/h1-14,16-17,34H,15,18H2,(H,30,33)/b28-17?,31-16+. The Morgan fingerprint density at radius 1 is 0.912 bits per heavy atom. The average Bonchev–Trinajstić information content (AvgIpc) is 3.31. The Bertz CT molecular complexity index is 1380. The Kier molecular flexibility index (Phi) is 6.16. The molecule has 0 atom stereocenters. The summed E-state index contributed by atoms with van der Waals surface area (Å²) < 4.78 is 0. The van der Waals surface area contributed by atoms with Gasteiger partial charge in [-0.15, -0.1) is 0 Å². The number of aromatic hydroxyl groups is 1. The minimum Gasteiger partial charge on any atom is -0.507 e. The molecule has 2 aromatic carbocycles. The Morgan fingerprint density at radius 2 is 1.74 bits per heavy atom. The van der Waals surface area contributed by atoms with Crippen LogP contribution in [0.4, 0.5) is 11.5 Å². The summed E-state index contributed by atoms with van der Waals surface area (Å²) >= 11 is 0. The Balaban J connectivity index is 1.46. The molecule has 0 unspecified atom stereocenters. The molecule has 0 bridgehead atoms. The highest BCUT2D eigenvalue weighted by Gasteiger charge is 2.20. The van der Waals surface area contributed by atoms with Gasteiger partial charge in [0.2, 0.25) is 0 Å². The van der Waals surface area contributed by atoms with Crippen LogP contribution in [0, 0.1) is 0 Å². The second kappa shape index (κ2) is 9.87. The molecule has 0 radical (unpaired) electrons. The summed E-state index contributed by atoms with van der Waals surface area (Å²) in [5.41, 5.74) is 8.70. The van der Waals surface area contributed by atoms with Crippen molar-refractivity contribution in [2.45, 2.75) is 13.0 Å². The van der Waals surface area contributed by atoms with E-state index in [1.165, 1.54) is 0 Å². The van der Waals surface area contributed by atoms with Gasteiger partial charge in [0, 0.05) is 36.2 Å². The lowest BCUT2D eigenvalue weighted by molar-refractivity contribution is 0.473. The molecule has 0 aliphatic carbocycles. The quantitative estimate of drug-likeness (QED) is 0.311. The fourth-order valence-corrected chi connectivity index (χ4v) is 3.69. The normalized spacial score (nSPS) is 12.8. The zero-order valence-corrected chi connectivity index (χ0v) is 18.3. The second-order valence-corrected chi connectivity index (χ2v) is 7.75. The number of aliphatic imine (C=N–C) groups is 2. The molecule has 0 saturated carbocycles. The fraction of sp³-hybridized carbons (Fsp3) is 0.0741. The number of hydrogen-bond donors (Lipinski definition) is 2. The van der Waals surface area contributed by atoms with Crippen molar-refractivity contribution in [3.63, 3.8) is 0 Å². The summed E-state index contributed by atoms with van der Waals surface area (Å²) in [4.78, 5) is 17.7. The van der Waals surface area contributed by atoms with Crippen molar-refractivity contribution in [2.24, 2.45) is 15.1 Å². The van der Waals surface area contributed by atoms with E-state index in [1.54, 1.807) is 24.8 Å². The first-order chi connectivity index (χ1) is 16.8. The number of phenolic OH excluding ortho intramolecular Hbond substituents is 1. The largest absolute Gasteiger partial charge is 0.507 e. The van der Waals surface area contributed by atoms with E-state index in [2.05, 4.69) is 31.6 Å². The zero-order valence-electron chi connectivity index (χ0n) is 18.3. The van der Waals surface area contributed by atoms with Crippen LogP contribution in [0.1, 0.15) is 27.9 Å². The molecule has 3 heterocycles. The summed E-state index contributed by atoms with van der Waals surface area (Å²) in [7, 11) is 0. The minimum absolute atomic E-state index is 0.145. The van der Waals surface area contributed by atoms with Crippen LogP contribution in [0.3, 0.4) is 0 Å². The third kappa shape index (κ3) is 4.88. The molecule has 7 heteroatoms. The molecule has 1 aliphatic heterocycles. The van der Waals surface area contributed by atoms with Crippen LogP contribution in [0.5, 0.6) is 5.75 Å². The number of hydrogen-bond acceptors (Lipinski definition) is 7. The van der Waals surface area contributed by atoms with Gasteiger partial charge in [0.15, 0.2) is 0 Å². The average molecular weight is 447 g/mol. The van der Waals surface area contributed by atoms with Crippen LogP contribution in [-0.4, -0.2) is 33.2 Å². The van der Waals surface area contributed by atoms with Gasteiger partial charge in [0.05, 0.1) is 29.9 Å². The molecular formula is C27H22N6O. The molecule has 2 N–H and O–H groups in total. The van der Waals surface area contributed by atoms with E-state index in [1.807, 2.05) is 66.7 Å². The Labute approximate surface area is 197 Å². The van der Waals surface area contributed by atoms with E-state index in [9.17, 15) is 5.11 Å². The molecule has 1 aliphatic rings. The van der Waals surface area contributed by atoms with Crippen molar-refractivity contribution in [3.05, 3.63) is 113 Å². The first-order valence-electron chi connectivity index (χ1n) is 10.9. The van der Waals surface area contributed by atoms with Crippen LogP contribution < -0.4 is 5.43 Å². The van der Waals surface area contributed by atoms with E-state index in [0.29, 0.717) is 29.9 Å². The third-order valence-electron chi connectivity index (χ3n) is 5.34. The van der Waals surface area contributed by atoms with Gasteiger partial charge >= 0.3 is 0 Å². The van der Waals surface area contributed by atoms with Gasteiger partial charge in [0.1, 0.15) is 11.6 Å². The summed E-state index contributed by atoms with van der Waals surface area (Å²) in [6.45, 7) is 0.418. The monoisotopic (exact) mass is 446 g/mol. The fourth-order valence-electron chi connectivity index (χ4n) is 3.69. The van der Waals surface area contributed by atoms with Crippen molar-refractivity contribution in [1.82, 2.24) is 9.97 Å². The number of rotatable bonds is 7. The lowest BCUT2D eigenvalue weighted by Crippen LogP contribution is -2.05. The van der Waals surface area contributed by atoms with Gasteiger partial charge < -0.3 is 5.11 Å². The highest BCUT2D eigenvalue weighted by Crippen LogP contribution is 2.33. The van der Waals surface area contributed by atoms with E-state index < -0.39 is 0 Å². The third-order valence-corrected chi connectivity index (χ3v) is 5.34. The van der Waals surface area contributed by atoms with Crippen LogP contribution >= 0.6 is 0 Å². The Morgan fingerprint density at radius 3 is 2.53 bits per heavy atom. The molecule has 7 nitrogen and oxygen atoms in total. The number of anilines is 1. The summed E-state index contributed by atoms with van der Waals surface area (Å²) in [6.07, 6.45) is 7.45. The number of para-hydroxylation sites is 1. The number of phenols is 1. The van der Waals surface area contributed by atoms with E-state index in [0.717, 1.165) is 28.2 Å². The van der Waals surface area contributed by atoms with E-state index in [4.69, 9.17) is 4.99 Å². The lowest BCUT2D eigenvalue weighted by Gasteiger charge is -2.09. The molecule has 2 aromatic heterocycles. The maximum Gasteiger partial charge on any atom is 0.146 e. The van der Waals surface area contributed by atoms with Gasteiger partial charge in [-0.3, -0.25) is 20.4 Å². The molecule has 34 heavy (non-hydrogen) atoms. The van der Waals surface area contributed by atoms with Crippen LogP contribution in [-0.2, 0) is 13.0 Å². The number of hydrazone groups is 1. The number of nitrogens with zero attached hydrogens (tertiary/aromatic N) is 5. The Hall–Kier alpha value is -4.65. The van der Waals surface area contributed by atoms with Crippen molar-refractivity contribution in [2.75, 3.05) is 5.43 Å². The first kappa shape index (κ1) is 21.2. The molecule has 0 fully saturated rings. The molecular weight excluding hydrogens is 424 g/mol. The number of nitrogens with one attached hydrogen (secondary N) is 1. The minimum atomic E-state index is 0.145.